The highest BCUT2D eigenvalue weighted by Gasteiger charge is 2.38. The van der Waals surface area contributed by atoms with E-state index in [2.05, 4.69) is 32.2 Å². The molecule has 12 nitrogen and oxygen atoms in total. The van der Waals surface area contributed by atoms with E-state index < -0.39 is 28.4 Å². The standard InChI is InChI=1S/C26H36F3O6P.C24H35O6P/c1-3-5-7-9-17-31-22-13-11-15-24(19-22)34-36(30,33-21-26(27,28)29)35-25-16-12-14-23(20-25)32-18-10-8-6-4-2;1-3-5-7-13-19-27-21-15-9-11-17-23(21)29-31(25,26)30-24-18-12-10-16-22(24)28-20-14-8-6-4-2/h11-16,19-20H,3-10,17-18,21H2,1-2H3;9-12,15-18H,3-8,13-14,19-20H2,1-2H3,(H,25,26). The van der Waals surface area contributed by atoms with E-state index in [1.165, 1.54) is 24.3 Å². The van der Waals surface area contributed by atoms with Crippen molar-refractivity contribution in [1.29, 1.82) is 0 Å². The minimum Gasteiger partial charge on any atom is -0.493 e. The summed E-state index contributed by atoms with van der Waals surface area (Å²) in [6.45, 7) is 8.72. The van der Waals surface area contributed by atoms with Crippen molar-refractivity contribution in [2.45, 2.75) is 137 Å². The van der Waals surface area contributed by atoms with Crippen LogP contribution in [0.5, 0.6) is 46.0 Å². The summed E-state index contributed by atoms with van der Waals surface area (Å²) in [5.41, 5.74) is 0. The van der Waals surface area contributed by atoms with Crippen molar-refractivity contribution in [2.24, 2.45) is 0 Å². The van der Waals surface area contributed by atoms with Crippen LogP contribution in [-0.2, 0) is 13.7 Å². The Labute approximate surface area is 396 Å². The molecule has 0 saturated heterocycles. The fraction of sp³-hybridized carbons (Fsp3) is 0.520. The van der Waals surface area contributed by atoms with Crippen LogP contribution in [0.4, 0.5) is 13.2 Å². The van der Waals surface area contributed by atoms with Crippen molar-refractivity contribution >= 4 is 15.6 Å². The molecule has 0 fully saturated rings. The molecule has 0 saturated carbocycles. The molecule has 0 unspecified atom stereocenters. The zero-order valence-electron chi connectivity index (χ0n) is 39.6. The molecule has 0 aliphatic carbocycles. The number of halogens is 3. The molecule has 4 aromatic rings. The highest BCUT2D eigenvalue weighted by molar-refractivity contribution is 7.49. The Balaban J connectivity index is 0.000000359. The molecule has 374 valence electrons. The van der Waals surface area contributed by atoms with E-state index in [-0.39, 0.29) is 23.0 Å². The molecule has 17 heteroatoms. The molecular weight excluding hydrogens is 911 g/mol. The third-order valence-electron chi connectivity index (χ3n) is 9.60. The maximum atomic E-state index is 13.2. The quantitative estimate of drug-likeness (QED) is 0.0352. The first kappa shape index (κ1) is 56.8. The van der Waals surface area contributed by atoms with Crippen LogP contribution in [0.15, 0.2) is 97.1 Å². The smallest absolute Gasteiger partial charge is 0.493 e. The maximum Gasteiger partial charge on any atom is 0.587 e. The maximum absolute atomic E-state index is 13.2. The van der Waals surface area contributed by atoms with Crippen LogP contribution in [-0.4, -0.2) is 44.1 Å². The summed E-state index contributed by atoms with van der Waals surface area (Å²) in [6.07, 6.45) is 12.1. The van der Waals surface area contributed by atoms with Gasteiger partial charge in [-0.25, -0.2) is 9.13 Å². The Hall–Kier alpha value is -4.55. The molecule has 0 amide bonds. The molecule has 0 aliphatic rings. The predicted molar refractivity (Wildman–Crippen MR) is 256 cm³/mol. The van der Waals surface area contributed by atoms with E-state index in [0.29, 0.717) is 49.4 Å². The van der Waals surface area contributed by atoms with Gasteiger partial charge in [0.05, 0.1) is 26.4 Å². The molecule has 0 radical (unpaired) electrons. The van der Waals surface area contributed by atoms with Crippen molar-refractivity contribution in [1.82, 2.24) is 0 Å². The number of para-hydroxylation sites is 4. The van der Waals surface area contributed by atoms with E-state index in [9.17, 15) is 27.2 Å². The van der Waals surface area contributed by atoms with Crippen molar-refractivity contribution in [3.63, 3.8) is 0 Å². The monoisotopic (exact) mass is 982 g/mol. The molecular formula is C50H71F3O12P2. The number of alkyl halides is 3. The second-order valence-electron chi connectivity index (χ2n) is 15.6. The highest BCUT2D eigenvalue weighted by atomic mass is 31.2. The Morgan fingerprint density at radius 3 is 1.13 bits per heavy atom. The van der Waals surface area contributed by atoms with E-state index in [0.717, 1.165) is 103 Å². The normalized spacial score (nSPS) is 11.5. The predicted octanol–water partition coefficient (Wildman–Crippen LogP) is 15.9. The van der Waals surface area contributed by atoms with Crippen molar-refractivity contribution < 1.29 is 68.8 Å². The third kappa shape index (κ3) is 25.4. The summed E-state index contributed by atoms with van der Waals surface area (Å²) < 4.78 is 113. The Kier molecular flexibility index (Phi) is 27.3. The van der Waals surface area contributed by atoms with Gasteiger partial charge in [0.15, 0.2) is 29.6 Å². The molecule has 0 aliphatic heterocycles. The van der Waals surface area contributed by atoms with Crippen molar-refractivity contribution in [2.75, 3.05) is 33.0 Å². The molecule has 67 heavy (non-hydrogen) atoms. The van der Waals surface area contributed by atoms with Gasteiger partial charge in [0.2, 0.25) is 0 Å². The summed E-state index contributed by atoms with van der Waals surface area (Å²) in [7, 11) is -9.16. The van der Waals surface area contributed by atoms with Crippen LogP contribution in [0.1, 0.15) is 130 Å². The van der Waals surface area contributed by atoms with E-state index in [1.807, 2.05) is 0 Å². The third-order valence-corrected chi connectivity index (χ3v) is 11.8. The van der Waals surface area contributed by atoms with E-state index in [4.69, 9.17) is 37.0 Å². The molecule has 0 aromatic heterocycles. The Morgan fingerprint density at radius 1 is 0.433 bits per heavy atom. The van der Waals surface area contributed by atoms with Gasteiger partial charge in [-0.05, 0) is 74.2 Å². The summed E-state index contributed by atoms with van der Waals surface area (Å²) in [6, 6.07) is 25.9. The fourth-order valence-corrected chi connectivity index (χ4v) is 8.17. The second kappa shape index (κ2) is 32.2. The molecule has 4 rings (SSSR count). The Morgan fingerprint density at radius 2 is 0.776 bits per heavy atom. The number of phosphoric ester groups is 2. The SMILES string of the molecule is CCCCCCOc1cccc(OP(=O)(OCC(F)(F)F)Oc2cccc(OCCCCCC)c2)c1.CCCCCCOc1ccccc1OP(=O)(O)Oc1ccccc1OCCCCCC. The van der Waals surface area contributed by atoms with Crippen molar-refractivity contribution in [3.05, 3.63) is 97.1 Å². The number of unbranched alkanes of at least 4 members (excludes halogenated alkanes) is 12. The minimum absolute atomic E-state index is 0.00473. The number of hydrogen-bond acceptors (Lipinski definition) is 11. The van der Waals surface area contributed by atoms with Crippen molar-refractivity contribution in [3.8, 4) is 46.0 Å². The van der Waals surface area contributed by atoms with Gasteiger partial charge in [0, 0.05) is 12.1 Å². The summed E-state index contributed by atoms with van der Waals surface area (Å²) in [4.78, 5) is 10.4. The van der Waals surface area contributed by atoms with Gasteiger partial charge in [-0.3, -0.25) is 9.42 Å². The molecule has 4 aromatic carbocycles. The van der Waals surface area contributed by atoms with E-state index >= 15 is 0 Å². The number of phosphoric acid groups is 2. The van der Waals surface area contributed by atoms with Gasteiger partial charge in [-0.15, -0.1) is 0 Å². The van der Waals surface area contributed by atoms with E-state index in [1.54, 1.807) is 72.8 Å². The average molecular weight is 983 g/mol. The molecule has 0 heterocycles. The first-order chi connectivity index (χ1) is 32.3. The Bertz CT molecular complexity index is 1910. The van der Waals surface area contributed by atoms with Crippen LogP contribution in [0.25, 0.3) is 0 Å². The first-order valence-corrected chi connectivity index (χ1v) is 26.6. The summed E-state index contributed by atoms with van der Waals surface area (Å²) in [5.74, 6) is 2.03. The number of ether oxygens (including phenoxy) is 4. The van der Waals surface area contributed by atoms with Crippen LogP contribution < -0.4 is 37.0 Å². The average Bonchev–Trinajstić information content (AvgIpc) is 3.29. The number of rotatable bonds is 34. The van der Waals surface area contributed by atoms with Crippen LogP contribution in [0, 0.1) is 0 Å². The van der Waals surface area contributed by atoms with Gasteiger partial charge in [-0.2, -0.15) is 13.2 Å². The molecule has 0 atom stereocenters. The highest BCUT2D eigenvalue weighted by Crippen LogP contribution is 2.52. The lowest BCUT2D eigenvalue weighted by atomic mass is 10.2. The van der Waals surface area contributed by atoms with Gasteiger partial charge in [-0.1, -0.05) is 141 Å². The number of benzene rings is 4. The largest absolute Gasteiger partial charge is 0.587 e. The lowest BCUT2D eigenvalue weighted by Gasteiger charge is -2.20. The van der Waals surface area contributed by atoms with Crippen LogP contribution in [0.2, 0.25) is 0 Å². The molecule has 0 bridgehead atoms. The second-order valence-corrected chi connectivity index (χ2v) is 18.5. The zero-order valence-corrected chi connectivity index (χ0v) is 41.3. The molecule has 0 spiro atoms. The minimum atomic E-state index is -4.73. The van der Waals surface area contributed by atoms with Crippen LogP contribution in [0.3, 0.4) is 0 Å². The number of hydrogen-bond donors (Lipinski definition) is 1. The molecule has 1 N–H and O–H groups in total. The zero-order chi connectivity index (χ0) is 48.6. The van der Waals surface area contributed by atoms with Gasteiger partial charge in [0.25, 0.3) is 0 Å². The summed E-state index contributed by atoms with van der Waals surface area (Å²) >= 11 is 0. The first-order valence-electron chi connectivity index (χ1n) is 23.6. The topological polar surface area (TPSA) is 137 Å². The lowest BCUT2D eigenvalue weighted by molar-refractivity contribution is -0.156. The summed E-state index contributed by atoms with van der Waals surface area (Å²) in [5, 5.41) is 0. The van der Waals surface area contributed by atoms with Crippen LogP contribution >= 0.6 is 15.6 Å². The lowest BCUT2D eigenvalue weighted by Crippen LogP contribution is -2.18. The van der Waals surface area contributed by atoms with Gasteiger partial charge in [0.1, 0.15) is 23.0 Å². The van der Waals surface area contributed by atoms with Gasteiger partial charge >= 0.3 is 21.8 Å². The fourth-order valence-electron chi connectivity index (χ4n) is 6.14. The van der Waals surface area contributed by atoms with Gasteiger partial charge < -0.3 is 37.0 Å².